The monoisotopic (exact) mass is 310 g/mol. The minimum atomic E-state index is 0.757. The lowest BCUT2D eigenvalue weighted by Crippen LogP contribution is -2.48. The second-order valence-corrected chi connectivity index (χ2v) is 6.17. The predicted molar refractivity (Wildman–Crippen MR) is 80.7 cm³/mol. The Morgan fingerprint density at radius 2 is 2.00 bits per heavy atom. The summed E-state index contributed by atoms with van der Waals surface area (Å²) >= 11 is 3.48. The van der Waals surface area contributed by atoms with Gasteiger partial charge in [0.1, 0.15) is 0 Å². The van der Waals surface area contributed by atoms with Gasteiger partial charge in [-0.15, -0.1) is 0 Å². The van der Waals surface area contributed by atoms with Gasteiger partial charge in [-0.2, -0.15) is 0 Å². The number of halogens is 1. The molecule has 0 spiro atoms. The van der Waals surface area contributed by atoms with Crippen molar-refractivity contribution in [3.63, 3.8) is 0 Å². The normalized spacial score (nSPS) is 23.1. The van der Waals surface area contributed by atoms with Crippen LogP contribution >= 0.6 is 15.9 Å². The Balaban J connectivity index is 1.84. The summed E-state index contributed by atoms with van der Waals surface area (Å²) in [6, 6.07) is 9.42. The Hall–Kier alpha value is -0.380. The van der Waals surface area contributed by atoms with Gasteiger partial charge in [-0.1, -0.05) is 35.0 Å². The molecule has 18 heavy (non-hydrogen) atoms. The molecule has 0 radical (unpaired) electrons. The van der Waals surface area contributed by atoms with Crippen molar-refractivity contribution in [2.45, 2.75) is 32.4 Å². The van der Waals surface area contributed by atoms with Crippen molar-refractivity contribution in [3.8, 4) is 0 Å². The standard InChI is InChI=1S/C15H23BrN2/c1-3-17-10-13-6-9-15(13)18(2)11-12-4-7-14(16)8-5-12/h4-5,7-8,13,15,17H,3,6,9-11H2,1-2H3. The lowest BCUT2D eigenvalue weighted by molar-refractivity contribution is 0.0784. The molecule has 0 aliphatic heterocycles. The van der Waals surface area contributed by atoms with Crippen molar-refractivity contribution in [2.75, 3.05) is 20.1 Å². The van der Waals surface area contributed by atoms with Crippen LogP contribution in [-0.4, -0.2) is 31.1 Å². The van der Waals surface area contributed by atoms with Gasteiger partial charge in [0.25, 0.3) is 0 Å². The molecule has 100 valence electrons. The Kier molecular flexibility index (Phi) is 5.22. The van der Waals surface area contributed by atoms with Gasteiger partial charge in [0.05, 0.1) is 0 Å². The maximum Gasteiger partial charge on any atom is 0.0233 e. The molecule has 1 aliphatic rings. The first-order valence-electron chi connectivity index (χ1n) is 6.86. The average molecular weight is 311 g/mol. The molecule has 1 aliphatic carbocycles. The summed E-state index contributed by atoms with van der Waals surface area (Å²) in [6.07, 6.45) is 2.73. The second kappa shape index (κ2) is 6.69. The maximum absolute atomic E-state index is 3.48. The van der Waals surface area contributed by atoms with Crippen molar-refractivity contribution >= 4 is 15.9 Å². The van der Waals surface area contributed by atoms with Crippen LogP contribution in [0.3, 0.4) is 0 Å². The molecule has 3 heteroatoms. The van der Waals surface area contributed by atoms with Crippen LogP contribution in [0.25, 0.3) is 0 Å². The molecular formula is C15H23BrN2. The summed E-state index contributed by atoms with van der Waals surface area (Å²) in [4.78, 5) is 2.51. The molecule has 2 nitrogen and oxygen atoms in total. The average Bonchev–Trinajstić information content (AvgIpc) is 2.31. The quantitative estimate of drug-likeness (QED) is 0.867. The van der Waals surface area contributed by atoms with Gasteiger partial charge >= 0.3 is 0 Å². The molecule has 0 bridgehead atoms. The fraction of sp³-hybridized carbons (Fsp3) is 0.600. The summed E-state index contributed by atoms with van der Waals surface area (Å²) in [5.74, 6) is 0.838. The lowest BCUT2D eigenvalue weighted by atomic mass is 9.78. The van der Waals surface area contributed by atoms with Crippen molar-refractivity contribution in [1.29, 1.82) is 0 Å². The van der Waals surface area contributed by atoms with E-state index in [-0.39, 0.29) is 0 Å². The molecule has 0 aromatic heterocycles. The molecule has 2 unspecified atom stereocenters. The summed E-state index contributed by atoms with van der Waals surface area (Å²) in [6.45, 7) is 5.49. The molecule has 0 amide bonds. The van der Waals surface area contributed by atoms with Gasteiger partial charge in [-0.05, 0) is 56.6 Å². The number of hydrogen-bond donors (Lipinski definition) is 1. The third-order valence-electron chi connectivity index (χ3n) is 3.95. The van der Waals surface area contributed by atoms with Crippen LogP contribution in [0.4, 0.5) is 0 Å². The van der Waals surface area contributed by atoms with Gasteiger partial charge in [0.15, 0.2) is 0 Å². The summed E-state index contributed by atoms with van der Waals surface area (Å²) in [5, 5.41) is 3.47. The molecule has 2 atom stereocenters. The van der Waals surface area contributed by atoms with E-state index in [1.54, 1.807) is 0 Å². The van der Waals surface area contributed by atoms with Crippen LogP contribution in [0.1, 0.15) is 25.3 Å². The van der Waals surface area contributed by atoms with Gasteiger partial charge in [-0.25, -0.2) is 0 Å². The van der Waals surface area contributed by atoms with Gasteiger partial charge in [0, 0.05) is 17.1 Å². The van der Waals surface area contributed by atoms with Crippen molar-refractivity contribution in [1.82, 2.24) is 10.2 Å². The first kappa shape index (κ1) is 14.0. The van der Waals surface area contributed by atoms with E-state index in [2.05, 4.69) is 64.4 Å². The van der Waals surface area contributed by atoms with Crippen LogP contribution in [0.15, 0.2) is 28.7 Å². The first-order valence-corrected chi connectivity index (χ1v) is 7.65. The smallest absolute Gasteiger partial charge is 0.0233 e. The van der Waals surface area contributed by atoms with E-state index in [4.69, 9.17) is 0 Å². The molecule has 0 saturated heterocycles. The van der Waals surface area contributed by atoms with Crippen LogP contribution in [0, 0.1) is 5.92 Å². The highest BCUT2D eigenvalue weighted by Crippen LogP contribution is 2.31. The number of nitrogens with one attached hydrogen (secondary N) is 1. The second-order valence-electron chi connectivity index (χ2n) is 5.25. The number of hydrogen-bond acceptors (Lipinski definition) is 2. The van der Waals surface area contributed by atoms with Crippen molar-refractivity contribution in [2.24, 2.45) is 5.92 Å². The van der Waals surface area contributed by atoms with Crippen LogP contribution in [0.2, 0.25) is 0 Å². The Morgan fingerprint density at radius 1 is 1.28 bits per heavy atom. The topological polar surface area (TPSA) is 15.3 Å². The van der Waals surface area contributed by atoms with Crippen LogP contribution in [0.5, 0.6) is 0 Å². The van der Waals surface area contributed by atoms with Gasteiger partial charge in [-0.3, -0.25) is 4.90 Å². The fourth-order valence-corrected chi connectivity index (χ4v) is 2.96. The van der Waals surface area contributed by atoms with E-state index < -0.39 is 0 Å². The van der Waals surface area contributed by atoms with Crippen molar-refractivity contribution in [3.05, 3.63) is 34.3 Å². The van der Waals surface area contributed by atoms with E-state index in [1.165, 1.54) is 24.9 Å². The van der Waals surface area contributed by atoms with E-state index in [0.29, 0.717) is 0 Å². The van der Waals surface area contributed by atoms with E-state index >= 15 is 0 Å². The Bertz CT molecular complexity index is 363. The molecule has 1 aromatic carbocycles. The zero-order valence-electron chi connectivity index (χ0n) is 11.3. The third-order valence-corrected chi connectivity index (χ3v) is 4.47. The van der Waals surface area contributed by atoms with Crippen molar-refractivity contribution < 1.29 is 0 Å². The van der Waals surface area contributed by atoms with E-state index in [0.717, 1.165) is 29.5 Å². The molecule has 0 heterocycles. The Morgan fingerprint density at radius 3 is 2.56 bits per heavy atom. The SMILES string of the molecule is CCNCC1CCC1N(C)Cc1ccc(Br)cc1. The van der Waals surface area contributed by atoms with E-state index in [9.17, 15) is 0 Å². The highest BCUT2D eigenvalue weighted by Gasteiger charge is 2.33. The van der Waals surface area contributed by atoms with Crippen LogP contribution < -0.4 is 5.32 Å². The van der Waals surface area contributed by atoms with Gasteiger partial charge in [0.2, 0.25) is 0 Å². The molecule has 1 N–H and O–H groups in total. The summed E-state index contributed by atoms with van der Waals surface area (Å²) in [7, 11) is 2.25. The molecule has 1 saturated carbocycles. The van der Waals surface area contributed by atoms with E-state index in [1.807, 2.05) is 0 Å². The number of nitrogens with zero attached hydrogens (tertiary/aromatic N) is 1. The Labute approximate surface area is 119 Å². The zero-order chi connectivity index (χ0) is 13.0. The number of rotatable bonds is 6. The third kappa shape index (κ3) is 3.56. The minimum absolute atomic E-state index is 0.757. The summed E-state index contributed by atoms with van der Waals surface area (Å²) in [5.41, 5.74) is 1.40. The zero-order valence-corrected chi connectivity index (χ0v) is 12.9. The molecule has 1 fully saturated rings. The van der Waals surface area contributed by atoms with Crippen LogP contribution in [-0.2, 0) is 6.54 Å². The molecule has 1 aromatic rings. The highest BCUT2D eigenvalue weighted by molar-refractivity contribution is 9.10. The predicted octanol–water partition coefficient (Wildman–Crippen LogP) is 3.27. The highest BCUT2D eigenvalue weighted by atomic mass is 79.9. The largest absolute Gasteiger partial charge is 0.317 e. The lowest BCUT2D eigenvalue weighted by Gasteiger charge is -2.43. The van der Waals surface area contributed by atoms with Gasteiger partial charge < -0.3 is 5.32 Å². The summed E-state index contributed by atoms with van der Waals surface area (Å²) < 4.78 is 1.16. The molecule has 2 rings (SSSR count). The maximum atomic E-state index is 3.48. The molecular weight excluding hydrogens is 288 g/mol. The number of benzene rings is 1. The first-order chi connectivity index (χ1) is 8.70. The fourth-order valence-electron chi connectivity index (χ4n) is 2.69. The minimum Gasteiger partial charge on any atom is -0.317 e.